The first kappa shape index (κ1) is 15.9. The largest absolute Gasteiger partial charge is 0.329 e. The van der Waals surface area contributed by atoms with Gasteiger partial charge >= 0.3 is 11.8 Å². The van der Waals surface area contributed by atoms with E-state index >= 15 is 0 Å². The van der Waals surface area contributed by atoms with Crippen LogP contribution in [0.1, 0.15) is 11.1 Å². The van der Waals surface area contributed by atoms with E-state index in [2.05, 4.69) is 31.8 Å². The van der Waals surface area contributed by atoms with Crippen LogP contribution in [-0.2, 0) is 9.59 Å². The van der Waals surface area contributed by atoms with E-state index in [-0.39, 0.29) is 0 Å². The van der Waals surface area contributed by atoms with Crippen molar-refractivity contribution in [3.8, 4) is 0 Å². The summed E-state index contributed by atoms with van der Waals surface area (Å²) in [5.74, 6) is -1.59. The Morgan fingerprint density at radius 3 is 2.27 bits per heavy atom. The molecule has 0 bridgehead atoms. The Balaban J connectivity index is 1.87. The van der Waals surface area contributed by atoms with Crippen molar-refractivity contribution < 1.29 is 9.59 Å². The minimum Gasteiger partial charge on any atom is -0.318 e. The van der Waals surface area contributed by atoms with Crippen molar-refractivity contribution in [3.05, 3.63) is 64.1 Å². The van der Waals surface area contributed by atoms with Gasteiger partial charge in [-0.15, -0.1) is 0 Å². The van der Waals surface area contributed by atoms with E-state index < -0.39 is 11.8 Å². The molecule has 0 aliphatic carbocycles. The van der Waals surface area contributed by atoms with Crippen molar-refractivity contribution in [1.82, 2.24) is 5.43 Å². The number of halogens is 1. The predicted molar refractivity (Wildman–Crippen MR) is 89.7 cm³/mol. The number of carbonyl (C=O) groups excluding carboxylic acids is 2. The zero-order chi connectivity index (χ0) is 15.9. The van der Waals surface area contributed by atoms with Gasteiger partial charge in [-0.2, -0.15) is 5.10 Å². The first-order chi connectivity index (χ1) is 10.5. The van der Waals surface area contributed by atoms with Gasteiger partial charge in [-0.1, -0.05) is 45.8 Å². The van der Waals surface area contributed by atoms with E-state index in [0.29, 0.717) is 5.69 Å². The molecule has 2 N–H and O–H groups in total. The lowest BCUT2D eigenvalue weighted by Gasteiger charge is -2.04. The van der Waals surface area contributed by atoms with Gasteiger partial charge in [0.2, 0.25) is 0 Å². The fourth-order valence-electron chi connectivity index (χ4n) is 1.59. The number of nitrogens with one attached hydrogen (secondary N) is 2. The van der Waals surface area contributed by atoms with E-state index in [1.807, 2.05) is 43.3 Å². The molecule has 0 aliphatic heterocycles. The van der Waals surface area contributed by atoms with E-state index in [1.165, 1.54) is 6.21 Å². The summed E-state index contributed by atoms with van der Waals surface area (Å²) in [5.41, 5.74) is 4.62. The lowest BCUT2D eigenvalue weighted by Crippen LogP contribution is -2.32. The Labute approximate surface area is 136 Å². The maximum atomic E-state index is 11.7. The number of anilines is 1. The van der Waals surface area contributed by atoms with E-state index in [9.17, 15) is 9.59 Å². The highest BCUT2D eigenvalue weighted by atomic mass is 79.9. The second-order valence-electron chi connectivity index (χ2n) is 4.57. The van der Waals surface area contributed by atoms with Crippen molar-refractivity contribution in [1.29, 1.82) is 0 Å². The summed E-state index contributed by atoms with van der Waals surface area (Å²) in [6.45, 7) is 1.94. The van der Waals surface area contributed by atoms with Crippen LogP contribution in [0.4, 0.5) is 5.69 Å². The molecule has 0 heterocycles. The molecule has 0 unspecified atom stereocenters. The van der Waals surface area contributed by atoms with Crippen molar-refractivity contribution in [2.75, 3.05) is 5.32 Å². The summed E-state index contributed by atoms with van der Waals surface area (Å²) in [7, 11) is 0. The molecule has 0 radical (unpaired) electrons. The number of hydrogen-bond donors (Lipinski definition) is 2. The van der Waals surface area contributed by atoms with Crippen LogP contribution in [0.25, 0.3) is 0 Å². The van der Waals surface area contributed by atoms with E-state index in [4.69, 9.17) is 0 Å². The van der Waals surface area contributed by atoms with Gasteiger partial charge in [0.1, 0.15) is 0 Å². The molecule has 0 fully saturated rings. The Kier molecular flexibility index (Phi) is 5.43. The number of nitrogens with zero attached hydrogens (tertiary/aromatic N) is 1. The highest BCUT2D eigenvalue weighted by Gasteiger charge is 2.12. The van der Waals surface area contributed by atoms with Gasteiger partial charge in [-0.05, 0) is 36.8 Å². The molecule has 2 amide bonds. The number of hydrogen-bond acceptors (Lipinski definition) is 3. The van der Waals surface area contributed by atoms with Gasteiger partial charge in [0.25, 0.3) is 0 Å². The normalized spacial score (nSPS) is 10.5. The minimum absolute atomic E-state index is 0.558. The summed E-state index contributed by atoms with van der Waals surface area (Å²) < 4.78 is 0.950. The molecule has 0 aliphatic rings. The number of benzene rings is 2. The summed E-state index contributed by atoms with van der Waals surface area (Å²) in [5, 5.41) is 6.24. The molecule has 112 valence electrons. The summed E-state index contributed by atoms with van der Waals surface area (Å²) in [6.07, 6.45) is 1.46. The second kappa shape index (κ2) is 7.51. The Bertz CT molecular complexity index is 694. The molecule has 6 heteroatoms. The van der Waals surface area contributed by atoms with Gasteiger partial charge < -0.3 is 5.32 Å². The molecule has 2 aromatic rings. The molecule has 0 saturated carbocycles. The summed E-state index contributed by atoms with van der Waals surface area (Å²) >= 11 is 3.32. The molecular formula is C16H14BrN3O2. The van der Waals surface area contributed by atoms with Crippen LogP contribution in [0.15, 0.2) is 58.1 Å². The second-order valence-corrected chi connectivity index (χ2v) is 5.49. The van der Waals surface area contributed by atoms with Crippen LogP contribution in [0.5, 0.6) is 0 Å². The van der Waals surface area contributed by atoms with Crippen molar-refractivity contribution in [2.24, 2.45) is 5.10 Å². The van der Waals surface area contributed by atoms with Gasteiger partial charge in [0.05, 0.1) is 6.21 Å². The Morgan fingerprint density at radius 2 is 1.64 bits per heavy atom. The van der Waals surface area contributed by atoms with Crippen LogP contribution in [0.2, 0.25) is 0 Å². The summed E-state index contributed by atoms with van der Waals surface area (Å²) in [6, 6.07) is 14.5. The average molecular weight is 360 g/mol. The quantitative estimate of drug-likeness (QED) is 0.502. The Morgan fingerprint density at radius 1 is 1.00 bits per heavy atom. The third kappa shape index (κ3) is 4.82. The molecule has 5 nitrogen and oxygen atoms in total. The number of rotatable bonds is 3. The number of amides is 2. The van der Waals surface area contributed by atoms with Gasteiger partial charge in [-0.3, -0.25) is 9.59 Å². The zero-order valence-electron chi connectivity index (χ0n) is 11.8. The van der Waals surface area contributed by atoms with E-state index in [0.717, 1.165) is 15.6 Å². The van der Waals surface area contributed by atoms with Crippen molar-refractivity contribution in [2.45, 2.75) is 6.92 Å². The molecule has 0 aromatic heterocycles. The smallest absolute Gasteiger partial charge is 0.318 e. The lowest BCUT2D eigenvalue weighted by atomic mass is 10.2. The highest BCUT2D eigenvalue weighted by Crippen LogP contribution is 2.09. The van der Waals surface area contributed by atoms with Crippen molar-refractivity contribution in [3.63, 3.8) is 0 Å². The van der Waals surface area contributed by atoms with Crippen LogP contribution in [-0.4, -0.2) is 18.0 Å². The van der Waals surface area contributed by atoms with Gasteiger partial charge in [0, 0.05) is 10.2 Å². The first-order valence-electron chi connectivity index (χ1n) is 6.51. The molecule has 0 atom stereocenters. The Hall–Kier alpha value is -2.47. The molecule has 2 rings (SSSR count). The first-order valence-corrected chi connectivity index (χ1v) is 7.30. The van der Waals surface area contributed by atoms with E-state index in [1.54, 1.807) is 12.1 Å². The number of hydrazone groups is 1. The highest BCUT2D eigenvalue weighted by molar-refractivity contribution is 9.10. The fraction of sp³-hybridized carbons (Fsp3) is 0.0625. The SMILES string of the molecule is Cc1ccc(NC(=O)C(=O)NN=Cc2ccc(Br)cc2)cc1. The topological polar surface area (TPSA) is 70.6 Å². The van der Waals surface area contributed by atoms with Gasteiger partial charge in [-0.25, -0.2) is 5.43 Å². The lowest BCUT2D eigenvalue weighted by molar-refractivity contribution is -0.136. The molecular weight excluding hydrogens is 346 g/mol. The van der Waals surface area contributed by atoms with Gasteiger partial charge in [0.15, 0.2) is 0 Å². The van der Waals surface area contributed by atoms with Crippen LogP contribution < -0.4 is 10.7 Å². The molecule has 0 spiro atoms. The fourth-order valence-corrected chi connectivity index (χ4v) is 1.85. The average Bonchev–Trinajstić information content (AvgIpc) is 2.51. The molecule has 22 heavy (non-hydrogen) atoms. The molecule has 2 aromatic carbocycles. The third-order valence-electron chi connectivity index (χ3n) is 2.77. The zero-order valence-corrected chi connectivity index (χ0v) is 13.4. The van der Waals surface area contributed by atoms with Crippen molar-refractivity contribution >= 4 is 39.6 Å². The van der Waals surface area contributed by atoms with Crippen LogP contribution in [0.3, 0.4) is 0 Å². The summed E-state index contributed by atoms with van der Waals surface area (Å²) in [4.78, 5) is 23.3. The predicted octanol–water partition coefficient (Wildman–Crippen LogP) is 2.85. The van der Waals surface area contributed by atoms with Crippen LogP contribution in [0, 0.1) is 6.92 Å². The third-order valence-corrected chi connectivity index (χ3v) is 3.29. The maximum Gasteiger partial charge on any atom is 0.329 e. The van der Waals surface area contributed by atoms with Crippen LogP contribution >= 0.6 is 15.9 Å². The maximum absolute atomic E-state index is 11.7. The number of carbonyl (C=O) groups is 2. The monoisotopic (exact) mass is 359 g/mol. The molecule has 0 saturated heterocycles. The number of aryl methyl sites for hydroxylation is 1. The standard InChI is InChI=1S/C16H14BrN3O2/c1-11-2-8-14(9-3-11)19-15(21)16(22)20-18-10-12-4-6-13(17)7-5-12/h2-10H,1H3,(H,19,21)(H,20,22). The minimum atomic E-state index is -0.825.